The second-order valence-electron chi connectivity index (χ2n) is 6.96. The molecule has 5 nitrogen and oxygen atoms in total. The van der Waals surface area contributed by atoms with Gasteiger partial charge in [-0.3, -0.25) is 14.8 Å². The molecule has 4 rings (SSSR count). The van der Waals surface area contributed by atoms with Crippen LogP contribution in [0.25, 0.3) is 0 Å². The number of fused-ring (bicyclic) bond motifs is 1. The number of nitrogens with one attached hydrogen (secondary N) is 1. The van der Waals surface area contributed by atoms with Gasteiger partial charge < -0.3 is 10.2 Å². The van der Waals surface area contributed by atoms with Crippen LogP contribution in [0.3, 0.4) is 0 Å². The first-order valence-corrected chi connectivity index (χ1v) is 9.46. The Labute approximate surface area is 168 Å². The first kappa shape index (κ1) is 18.8. The summed E-state index contributed by atoms with van der Waals surface area (Å²) in [6.45, 7) is 0.845. The summed E-state index contributed by atoms with van der Waals surface area (Å²) in [5, 5.41) is 2.69. The quantitative estimate of drug-likeness (QED) is 0.639. The van der Waals surface area contributed by atoms with Crippen molar-refractivity contribution in [2.24, 2.45) is 4.99 Å². The maximum absolute atomic E-state index is 14.1. The molecule has 1 N–H and O–H groups in total. The summed E-state index contributed by atoms with van der Waals surface area (Å²) in [5.41, 5.74) is 3.70. The van der Waals surface area contributed by atoms with Gasteiger partial charge in [-0.25, -0.2) is 4.39 Å². The number of halogens is 1. The smallest absolute Gasteiger partial charge is 0.237 e. The van der Waals surface area contributed by atoms with Crippen molar-refractivity contribution in [1.82, 2.24) is 4.98 Å². The number of anilines is 2. The van der Waals surface area contributed by atoms with Gasteiger partial charge in [-0.1, -0.05) is 12.1 Å². The van der Waals surface area contributed by atoms with Crippen molar-refractivity contribution in [3.8, 4) is 0 Å². The van der Waals surface area contributed by atoms with E-state index in [9.17, 15) is 9.18 Å². The second-order valence-corrected chi connectivity index (χ2v) is 6.96. The zero-order chi connectivity index (χ0) is 20.2. The van der Waals surface area contributed by atoms with Gasteiger partial charge in [-0.15, -0.1) is 0 Å². The molecular weight excluding hydrogens is 367 g/mol. The van der Waals surface area contributed by atoms with Crippen molar-refractivity contribution in [2.75, 3.05) is 23.8 Å². The number of pyridine rings is 1. The van der Waals surface area contributed by atoms with E-state index in [2.05, 4.69) is 20.2 Å². The van der Waals surface area contributed by atoms with Crippen LogP contribution in [0.4, 0.5) is 21.5 Å². The molecule has 6 heteroatoms. The Morgan fingerprint density at radius 3 is 2.72 bits per heavy atom. The van der Waals surface area contributed by atoms with Crippen molar-refractivity contribution < 1.29 is 9.18 Å². The molecule has 1 unspecified atom stereocenters. The third-order valence-corrected chi connectivity index (χ3v) is 5.00. The van der Waals surface area contributed by atoms with E-state index in [1.54, 1.807) is 18.3 Å². The van der Waals surface area contributed by atoms with E-state index in [0.29, 0.717) is 16.9 Å². The summed E-state index contributed by atoms with van der Waals surface area (Å²) in [4.78, 5) is 23.0. The fourth-order valence-electron chi connectivity index (χ4n) is 3.36. The fourth-order valence-corrected chi connectivity index (χ4v) is 3.36. The van der Waals surface area contributed by atoms with E-state index in [1.807, 2.05) is 49.5 Å². The number of rotatable bonds is 6. The van der Waals surface area contributed by atoms with Gasteiger partial charge in [-0.05, 0) is 48.5 Å². The molecule has 0 spiro atoms. The summed E-state index contributed by atoms with van der Waals surface area (Å²) in [6, 6.07) is 18.3. The maximum Gasteiger partial charge on any atom is 0.237 e. The van der Waals surface area contributed by atoms with E-state index in [0.717, 1.165) is 24.3 Å². The molecule has 1 aliphatic heterocycles. The van der Waals surface area contributed by atoms with E-state index in [4.69, 9.17) is 0 Å². The first-order valence-electron chi connectivity index (χ1n) is 9.46. The monoisotopic (exact) mass is 388 g/mol. The normalized spacial score (nSPS) is 15.4. The van der Waals surface area contributed by atoms with Gasteiger partial charge in [0.05, 0.1) is 5.69 Å². The Hall–Kier alpha value is -3.54. The lowest BCUT2D eigenvalue weighted by atomic mass is 10.0. The van der Waals surface area contributed by atoms with Crippen LogP contribution >= 0.6 is 0 Å². The number of benzene rings is 2. The summed E-state index contributed by atoms with van der Waals surface area (Å²) < 4.78 is 14.1. The first-order chi connectivity index (χ1) is 14.1. The van der Waals surface area contributed by atoms with Crippen LogP contribution < -0.4 is 10.2 Å². The second kappa shape index (κ2) is 8.22. The molecule has 0 fully saturated rings. The molecule has 0 aliphatic carbocycles. The number of nitrogens with zero attached hydrogens (tertiary/aromatic N) is 3. The topological polar surface area (TPSA) is 57.6 Å². The number of carbonyl (C=O) groups is 1. The summed E-state index contributed by atoms with van der Waals surface area (Å²) in [5.74, 6) is -1.38. The fraction of sp³-hybridized carbons (Fsp3) is 0.174. The molecule has 146 valence electrons. The molecule has 29 heavy (non-hydrogen) atoms. The van der Waals surface area contributed by atoms with Gasteiger partial charge in [-0.2, -0.15) is 0 Å². The minimum atomic E-state index is -0.716. The molecule has 0 saturated carbocycles. The number of hydrogen-bond acceptors (Lipinski definition) is 4. The van der Waals surface area contributed by atoms with Crippen LogP contribution in [-0.4, -0.2) is 30.7 Å². The minimum absolute atomic E-state index is 0.264. The van der Waals surface area contributed by atoms with Crippen LogP contribution in [-0.2, 0) is 11.2 Å². The maximum atomic E-state index is 14.1. The highest BCUT2D eigenvalue weighted by Crippen LogP contribution is 2.33. The van der Waals surface area contributed by atoms with Crippen molar-refractivity contribution in [1.29, 1.82) is 0 Å². The van der Waals surface area contributed by atoms with E-state index >= 15 is 0 Å². The third kappa shape index (κ3) is 4.16. The largest absolute Gasteiger partial charge is 0.374 e. The average molecular weight is 388 g/mol. The SMILES string of the molecule is CN(CCc1ccccn1)c1ccc(N=CC2C(=O)Nc3cccc(F)c32)cc1. The van der Waals surface area contributed by atoms with Gasteiger partial charge in [0.2, 0.25) is 5.91 Å². The highest BCUT2D eigenvalue weighted by atomic mass is 19.1. The van der Waals surface area contributed by atoms with Gasteiger partial charge in [0, 0.05) is 55.1 Å². The Balaban J connectivity index is 1.42. The number of hydrogen-bond donors (Lipinski definition) is 1. The van der Waals surface area contributed by atoms with Crippen LogP contribution in [0.5, 0.6) is 0 Å². The molecule has 0 bridgehead atoms. The van der Waals surface area contributed by atoms with E-state index in [1.165, 1.54) is 12.3 Å². The predicted octanol–water partition coefficient (Wildman–Crippen LogP) is 4.34. The molecular formula is C23H21FN4O. The molecule has 1 atom stereocenters. The Morgan fingerprint density at radius 2 is 1.97 bits per heavy atom. The van der Waals surface area contributed by atoms with Crippen molar-refractivity contribution in [3.05, 3.63) is 83.9 Å². The van der Waals surface area contributed by atoms with Crippen LogP contribution in [0.1, 0.15) is 17.2 Å². The molecule has 1 amide bonds. The molecule has 3 aromatic rings. The van der Waals surface area contributed by atoms with Gasteiger partial charge in [0.15, 0.2) is 0 Å². The standard InChI is InChI=1S/C23H21FN4O/c1-28(14-12-16-5-2-3-13-25-16)18-10-8-17(9-11-18)26-15-19-22-20(24)6-4-7-21(22)27-23(19)29/h2-11,13,15,19H,12,14H2,1H3,(H,27,29). The lowest BCUT2D eigenvalue weighted by molar-refractivity contribution is -0.115. The molecule has 1 aromatic heterocycles. The molecule has 1 aliphatic rings. The number of carbonyl (C=O) groups excluding carboxylic acids is 1. The molecule has 2 heterocycles. The van der Waals surface area contributed by atoms with Crippen LogP contribution in [0, 0.1) is 5.82 Å². The summed E-state index contributed by atoms with van der Waals surface area (Å²) in [7, 11) is 2.03. The molecule has 2 aromatic carbocycles. The van der Waals surface area contributed by atoms with Crippen molar-refractivity contribution in [3.63, 3.8) is 0 Å². The summed E-state index contributed by atoms with van der Waals surface area (Å²) in [6.07, 6.45) is 4.17. The summed E-state index contributed by atoms with van der Waals surface area (Å²) >= 11 is 0. The third-order valence-electron chi connectivity index (χ3n) is 5.00. The lowest BCUT2D eigenvalue weighted by Crippen LogP contribution is -2.20. The van der Waals surface area contributed by atoms with Gasteiger partial charge in [0.25, 0.3) is 0 Å². The van der Waals surface area contributed by atoms with Crippen LogP contribution in [0.15, 0.2) is 71.9 Å². The minimum Gasteiger partial charge on any atom is -0.374 e. The lowest BCUT2D eigenvalue weighted by Gasteiger charge is -2.19. The zero-order valence-electron chi connectivity index (χ0n) is 16.0. The van der Waals surface area contributed by atoms with E-state index in [-0.39, 0.29) is 5.91 Å². The molecule has 0 radical (unpaired) electrons. The molecule has 0 saturated heterocycles. The number of amides is 1. The number of likely N-dealkylation sites (N-methyl/N-ethyl adjacent to an activating group) is 1. The number of aliphatic imine (C=N–C) groups is 1. The Bertz CT molecular complexity index is 1030. The average Bonchev–Trinajstić information content (AvgIpc) is 3.08. The highest BCUT2D eigenvalue weighted by Gasteiger charge is 2.31. The van der Waals surface area contributed by atoms with Gasteiger partial charge >= 0.3 is 0 Å². The Morgan fingerprint density at radius 1 is 1.14 bits per heavy atom. The Kier molecular flexibility index (Phi) is 5.33. The van der Waals surface area contributed by atoms with Crippen molar-refractivity contribution in [2.45, 2.75) is 12.3 Å². The van der Waals surface area contributed by atoms with Gasteiger partial charge in [0.1, 0.15) is 11.7 Å². The predicted molar refractivity (Wildman–Crippen MR) is 114 cm³/mol. The highest BCUT2D eigenvalue weighted by molar-refractivity contribution is 6.12. The van der Waals surface area contributed by atoms with Crippen molar-refractivity contribution >= 4 is 29.2 Å². The number of aromatic nitrogens is 1. The van der Waals surface area contributed by atoms with Crippen LogP contribution in [0.2, 0.25) is 0 Å². The zero-order valence-corrected chi connectivity index (χ0v) is 16.0. The van der Waals surface area contributed by atoms with E-state index < -0.39 is 11.7 Å².